The molecule has 0 aromatic heterocycles. The van der Waals surface area contributed by atoms with Gasteiger partial charge in [-0.15, -0.1) is 0 Å². The summed E-state index contributed by atoms with van der Waals surface area (Å²) in [5.74, 6) is -2.62. The van der Waals surface area contributed by atoms with Gasteiger partial charge in [0.1, 0.15) is 5.02 Å². The molecule has 76 valence electrons. The van der Waals surface area contributed by atoms with E-state index in [1.165, 1.54) is 0 Å². The van der Waals surface area contributed by atoms with Crippen LogP contribution in [0.1, 0.15) is 5.56 Å². The van der Waals surface area contributed by atoms with Crippen LogP contribution in [-0.2, 0) is 6.61 Å². The number of aliphatic hydroxyl groups is 1. The third-order valence-electron chi connectivity index (χ3n) is 1.57. The molecular formula is C7H4ClF2NO3. The van der Waals surface area contributed by atoms with Crippen LogP contribution in [0, 0.1) is 21.7 Å². The second-order valence-electron chi connectivity index (χ2n) is 2.41. The molecule has 0 amide bonds. The van der Waals surface area contributed by atoms with Crippen LogP contribution in [0.2, 0.25) is 5.02 Å². The van der Waals surface area contributed by atoms with Crippen LogP contribution in [0.15, 0.2) is 6.07 Å². The minimum atomic E-state index is -1.44. The normalized spacial score (nSPS) is 10.3. The van der Waals surface area contributed by atoms with Crippen LogP contribution in [0.5, 0.6) is 0 Å². The van der Waals surface area contributed by atoms with Crippen LogP contribution in [0.25, 0.3) is 0 Å². The number of nitro benzene ring substituents is 1. The summed E-state index contributed by atoms with van der Waals surface area (Å²) in [4.78, 5) is 9.21. The number of nitrogens with zero attached hydrogens (tertiary/aromatic N) is 1. The first kappa shape index (κ1) is 10.8. The third-order valence-corrected chi connectivity index (χ3v) is 1.90. The summed E-state index contributed by atoms with van der Waals surface area (Å²) in [5, 5.41) is 17.9. The van der Waals surface area contributed by atoms with E-state index in [1.54, 1.807) is 0 Å². The van der Waals surface area contributed by atoms with Crippen molar-refractivity contribution >= 4 is 17.3 Å². The maximum absolute atomic E-state index is 13.0. The molecule has 1 aromatic rings. The van der Waals surface area contributed by atoms with Crippen LogP contribution in [0.4, 0.5) is 14.5 Å². The zero-order valence-electron chi connectivity index (χ0n) is 6.63. The average Bonchev–Trinajstić information content (AvgIpc) is 2.14. The SMILES string of the molecule is O=[N+]([O-])c1cc(CO)c(F)c(Cl)c1F. The number of rotatable bonds is 2. The predicted molar refractivity (Wildman–Crippen MR) is 43.9 cm³/mol. The lowest BCUT2D eigenvalue weighted by Gasteiger charge is -2.02. The second kappa shape index (κ2) is 3.85. The Morgan fingerprint density at radius 3 is 2.50 bits per heavy atom. The summed E-state index contributed by atoms with van der Waals surface area (Å²) in [7, 11) is 0. The van der Waals surface area contributed by atoms with Crippen LogP contribution >= 0.6 is 11.6 Å². The zero-order valence-corrected chi connectivity index (χ0v) is 7.39. The van der Waals surface area contributed by atoms with E-state index in [-0.39, 0.29) is 0 Å². The largest absolute Gasteiger partial charge is 0.392 e. The van der Waals surface area contributed by atoms with Crippen molar-refractivity contribution in [3.8, 4) is 0 Å². The Labute approximate surface area is 81.9 Å². The highest BCUT2D eigenvalue weighted by molar-refractivity contribution is 6.31. The van der Waals surface area contributed by atoms with Crippen molar-refractivity contribution in [3.63, 3.8) is 0 Å². The van der Waals surface area contributed by atoms with Gasteiger partial charge in [-0.05, 0) is 0 Å². The van der Waals surface area contributed by atoms with E-state index in [4.69, 9.17) is 16.7 Å². The van der Waals surface area contributed by atoms with Crippen molar-refractivity contribution in [1.29, 1.82) is 0 Å². The van der Waals surface area contributed by atoms with Crippen molar-refractivity contribution in [2.45, 2.75) is 6.61 Å². The highest BCUT2D eigenvalue weighted by atomic mass is 35.5. The summed E-state index contributed by atoms with van der Waals surface area (Å²) in [5.41, 5.74) is -1.37. The van der Waals surface area contributed by atoms with Gasteiger partial charge in [0.05, 0.1) is 11.5 Å². The summed E-state index contributed by atoms with van der Waals surface area (Å²) in [6.07, 6.45) is 0. The quantitative estimate of drug-likeness (QED) is 0.474. The first-order chi connectivity index (χ1) is 6.49. The number of halogens is 3. The van der Waals surface area contributed by atoms with Crippen LogP contribution < -0.4 is 0 Å². The van der Waals surface area contributed by atoms with Gasteiger partial charge in [-0.25, -0.2) is 4.39 Å². The molecule has 1 N–H and O–H groups in total. The highest BCUT2D eigenvalue weighted by Gasteiger charge is 2.23. The van der Waals surface area contributed by atoms with E-state index >= 15 is 0 Å². The van der Waals surface area contributed by atoms with Gasteiger partial charge in [0.25, 0.3) is 0 Å². The molecule has 1 rings (SSSR count). The number of nitro groups is 1. The fourth-order valence-electron chi connectivity index (χ4n) is 0.889. The summed E-state index contributed by atoms with van der Waals surface area (Å²) < 4.78 is 25.9. The summed E-state index contributed by atoms with van der Waals surface area (Å²) in [6, 6.07) is 0.608. The molecule has 14 heavy (non-hydrogen) atoms. The molecule has 0 atom stereocenters. The third kappa shape index (κ3) is 1.66. The van der Waals surface area contributed by atoms with Crippen molar-refractivity contribution in [1.82, 2.24) is 0 Å². The first-order valence-corrected chi connectivity index (χ1v) is 3.78. The zero-order chi connectivity index (χ0) is 10.9. The molecular weight excluding hydrogens is 220 g/mol. The fraction of sp³-hybridized carbons (Fsp3) is 0.143. The molecule has 4 nitrogen and oxygen atoms in total. The maximum atomic E-state index is 13.0. The molecule has 0 unspecified atom stereocenters. The monoisotopic (exact) mass is 223 g/mol. The Bertz CT molecular complexity index is 397. The first-order valence-electron chi connectivity index (χ1n) is 3.40. The van der Waals surface area contributed by atoms with Crippen LogP contribution in [-0.4, -0.2) is 10.0 Å². The van der Waals surface area contributed by atoms with E-state index in [0.29, 0.717) is 6.07 Å². The summed E-state index contributed by atoms with van der Waals surface area (Å²) in [6.45, 7) is -0.785. The van der Waals surface area contributed by atoms with E-state index in [0.717, 1.165) is 0 Å². The molecule has 1 aromatic carbocycles. The molecule has 0 aliphatic carbocycles. The van der Waals surface area contributed by atoms with E-state index in [9.17, 15) is 18.9 Å². The summed E-state index contributed by atoms with van der Waals surface area (Å²) >= 11 is 5.15. The van der Waals surface area contributed by atoms with Crippen molar-refractivity contribution in [2.75, 3.05) is 0 Å². The van der Waals surface area contributed by atoms with Gasteiger partial charge in [0, 0.05) is 11.6 Å². The van der Waals surface area contributed by atoms with Crippen molar-refractivity contribution < 1.29 is 18.8 Å². The van der Waals surface area contributed by atoms with Gasteiger partial charge in [-0.2, -0.15) is 4.39 Å². The Morgan fingerprint density at radius 1 is 1.50 bits per heavy atom. The lowest BCUT2D eigenvalue weighted by molar-refractivity contribution is -0.387. The van der Waals surface area contributed by atoms with Crippen molar-refractivity contribution in [2.24, 2.45) is 0 Å². The molecule has 0 saturated carbocycles. The van der Waals surface area contributed by atoms with Gasteiger partial charge < -0.3 is 5.11 Å². The standard InChI is InChI=1S/C7H4ClF2NO3/c8-5-6(9)3(2-12)1-4(7(5)10)11(13)14/h1,12H,2H2. The van der Waals surface area contributed by atoms with E-state index in [1.807, 2.05) is 0 Å². The molecule has 0 heterocycles. The van der Waals surface area contributed by atoms with Gasteiger partial charge >= 0.3 is 5.69 Å². The Morgan fingerprint density at radius 2 is 2.07 bits per heavy atom. The maximum Gasteiger partial charge on any atom is 0.306 e. The van der Waals surface area contributed by atoms with Crippen LogP contribution in [0.3, 0.4) is 0 Å². The lowest BCUT2D eigenvalue weighted by Crippen LogP contribution is -2.00. The molecule has 0 saturated heterocycles. The van der Waals surface area contributed by atoms with Crippen molar-refractivity contribution in [3.05, 3.63) is 38.4 Å². The Hall–Kier alpha value is -1.27. The minimum Gasteiger partial charge on any atom is -0.392 e. The lowest BCUT2D eigenvalue weighted by atomic mass is 10.2. The molecule has 0 bridgehead atoms. The van der Waals surface area contributed by atoms with Gasteiger partial charge in [-0.3, -0.25) is 10.1 Å². The van der Waals surface area contributed by atoms with E-state index in [2.05, 4.69) is 0 Å². The number of hydrogen-bond acceptors (Lipinski definition) is 3. The van der Waals surface area contributed by atoms with Gasteiger partial charge in [0.15, 0.2) is 5.82 Å². The predicted octanol–water partition coefficient (Wildman–Crippen LogP) is 2.02. The molecule has 7 heteroatoms. The number of aliphatic hydroxyl groups excluding tert-OH is 1. The molecule has 0 aliphatic rings. The van der Waals surface area contributed by atoms with E-state index < -0.39 is 39.4 Å². The fourth-order valence-corrected chi connectivity index (χ4v) is 1.11. The van der Waals surface area contributed by atoms with Gasteiger partial charge in [0.2, 0.25) is 5.82 Å². The Balaban J connectivity index is 3.48. The minimum absolute atomic E-state index is 0.414. The average molecular weight is 224 g/mol. The van der Waals surface area contributed by atoms with Gasteiger partial charge in [-0.1, -0.05) is 11.6 Å². The highest BCUT2D eigenvalue weighted by Crippen LogP contribution is 2.29. The molecule has 0 radical (unpaired) electrons. The number of benzene rings is 1. The number of hydrogen-bond donors (Lipinski definition) is 1. The topological polar surface area (TPSA) is 63.4 Å². The molecule has 0 fully saturated rings. The second-order valence-corrected chi connectivity index (χ2v) is 2.79. The molecule has 0 spiro atoms. The molecule has 0 aliphatic heterocycles. The smallest absolute Gasteiger partial charge is 0.306 e. The Kier molecular flexibility index (Phi) is 2.97.